The van der Waals surface area contributed by atoms with Crippen LogP contribution in [0.3, 0.4) is 0 Å². The lowest BCUT2D eigenvalue weighted by molar-refractivity contribution is -0.156. The average molecular weight is 159 g/mol. The summed E-state index contributed by atoms with van der Waals surface area (Å²) in [5.74, 6) is 0. The van der Waals surface area contributed by atoms with E-state index in [0.717, 1.165) is 12.8 Å². The molecule has 1 saturated heterocycles. The normalized spacial score (nSPS) is 18.1. The predicted octanol–water partition coefficient (Wildman–Crippen LogP) is 1.17. The quantitative estimate of drug-likeness (QED) is 0.576. The smallest absolute Gasteiger partial charge is 0.433 e. The van der Waals surface area contributed by atoms with Crippen molar-refractivity contribution >= 4 is 6.09 Å². The van der Waals surface area contributed by atoms with Gasteiger partial charge in [-0.1, -0.05) is 0 Å². The fourth-order valence-corrected chi connectivity index (χ4v) is 0.936. The van der Waals surface area contributed by atoms with Crippen LogP contribution in [0.15, 0.2) is 0 Å². The van der Waals surface area contributed by atoms with E-state index in [4.69, 9.17) is 9.57 Å². The molecule has 1 heterocycles. The number of carbonyl (C=O) groups excluding carboxylic acids is 1. The third kappa shape index (κ3) is 2.38. The van der Waals surface area contributed by atoms with Crippen molar-refractivity contribution in [2.75, 3.05) is 19.8 Å². The molecule has 4 heteroatoms. The highest BCUT2D eigenvalue weighted by Gasteiger charge is 2.17. The van der Waals surface area contributed by atoms with Crippen molar-refractivity contribution < 1.29 is 14.4 Å². The molecule has 0 aromatic rings. The number of amides is 1. The van der Waals surface area contributed by atoms with Gasteiger partial charge >= 0.3 is 6.09 Å². The fourth-order valence-electron chi connectivity index (χ4n) is 0.936. The van der Waals surface area contributed by atoms with Crippen LogP contribution in [0.4, 0.5) is 4.79 Å². The summed E-state index contributed by atoms with van der Waals surface area (Å²) in [4.78, 5) is 16.0. The van der Waals surface area contributed by atoms with Gasteiger partial charge in [-0.25, -0.2) is 4.79 Å². The average Bonchev–Trinajstić information content (AvgIpc) is 2.07. The predicted molar refractivity (Wildman–Crippen MR) is 38.9 cm³/mol. The number of hydrogen-bond donors (Lipinski definition) is 0. The van der Waals surface area contributed by atoms with Gasteiger partial charge < -0.3 is 4.74 Å². The highest BCUT2D eigenvalue weighted by molar-refractivity contribution is 5.66. The minimum absolute atomic E-state index is 0.368. The molecule has 1 aliphatic rings. The summed E-state index contributed by atoms with van der Waals surface area (Å²) in [6.07, 6.45) is 1.65. The van der Waals surface area contributed by atoms with E-state index in [0.29, 0.717) is 19.8 Å². The summed E-state index contributed by atoms with van der Waals surface area (Å²) in [7, 11) is 0. The van der Waals surface area contributed by atoms with Gasteiger partial charge in [0.15, 0.2) is 0 Å². The first-order chi connectivity index (χ1) is 5.34. The highest BCUT2D eigenvalue weighted by Crippen LogP contribution is 2.06. The first-order valence-electron chi connectivity index (χ1n) is 3.92. The van der Waals surface area contributed by atoms with Crippen molar-refractivity contribution in [1.82, 2.24) is 5.06 Å². The lowest BCUT2D eigenvalue weighted by Crippen LogP contribution is -2.36. The van der Waals surface area contributed by atoms with E-state index < -0.39 is 0 Å². The number of rotatable bonds is 1. The number of hydrogen-bond acceptors (Lipinski definition) is 3. The Balaban J connectivity index is 2.27. The van der Waals surface area contributed by atoms with E-state index in [1.807, 2.05) is 0 Å². The van der Waals surface area contributed by atoms with Gasteiger partial charge in [-0.05, 0) is 19.8 Å². The molecule has 11 heavy (non-hydrogen) atoms. The van der Waals surface area contributed by atoms with E-state index in [2.05, 4.69) is 0 Å². The molecule has 0 radical (unpaired) electrons. The van der Waals surface area contributed by atoms with Crippen LogP contribution in [-0.4, -0.2) is 30.9 Å². The Morgan fingerprint density at radius 1 is 1.64 bits per heavy atom. The van der Waals surface area contributed by atoms with E-state index in [1.165, 1.54) is 5.06 Å². The van der Waals surface area contributed by atoms with Crippen molar-refractivity contribution in [1.29, 1.82) is 0 Å². The number of ether oxygens (including phenoxy) is 1. The summed E-state index contributed by atoms with van der Waals surface area (Å²) >= 11 is 0. The second-order valence-electron chi connectivity index (χ2n) is 2.34. The van der Waals surface area contributed by atoms with Crippen LogP contribution in [0.2, 0.25) is 0 Å². The van der Waals surface area contributed by atoms with E-state index >= 15 is 0 Å². The number of hydroxylamine groups is 2. The van der Waals surface area contributed by atoms with Crippen molar-refractivity contribution in [2.24, 2.45) is 0 Å². The minimum atomic E-state index is -0.368. The second-order valence-corrected chi connectivity index (χ2v) is 2.34. The molecule has 0 saturated carbocycles. The van der Waals surface area contributed by atoms with Crippen LogP contribution >= 0.6 is 0 Å². The zero-order valence-corrected chi connectivity index (χ0v) is 6.71. The molecule has 0 aromatic heterocycles. The molecule has 1 fully saturated rings. The number of nitrogens with zero attached hydrogens (tertiary/aromatic N) is 1. The molecule has 1 aliphatic heterocycles. The third-order valence-corrected chi connectivity index (χ3v) is 1.47. The van der Waals surface area contributed by atoms with Gasteiger partial charge in [0.1, 0.15) is 0 Å². The van der Waals surface area contributed by atoms with Crippen LogP contribution in [0, 0.1) is 0 Å². The second kappa shape index (κ2) is 4.18. The SMILES string of the molecule is CCOC(=O)N1CCCCO1. The molecule has 0 aliphatic carbocycles. The van der Waals surface area contributed by atoms with Crippen molar-refractivity contribution in [2.45, 2.75) is 19.8 Å². The third-order valence-electron chi connectivity index (χ3n) is 1.47. The summed E-state index contributed by atoms with van der Waals surface area (Å²) in [6.45, 7) is 3.46. The molecular formula is C7H13NO3. The summed E-state index contributed by atoms with van der Waals surface area (Å²) in [5.41, 5.74) is 0. The van der Waals surface area contributed by atoms with Crippen LogP contribution in [0.25, 0.3) is 0 Å². The lowest BCUT2D eigenvalue weighted by Gasteiger charge is -2.24. The van der Waals surface area contributed by atoms with Crippen molar-refractivity contribution in [3.8, 4) is 0 Å². The van der Waals surface area contributed by atoms with Crippen LogP contribution in [-0.2, 0) is 9.57 Å². The topological polar surface area (TPSA) is 38.8 Å². The van der Waals surface area contributed by atoms with Gasteiger partial charge in [0.25, 0.3) is 0 Å². The molecule has 0 spiro atoms. The summed E-state index contributed by atoms with van der Waals surface area (Å²) in [6, 6.07) is 0. The highest BCUT2D eigenvalue weighted by atomic mass is 16.7. The van der Waals surface area contributed by atoms with Gasteiger partial charge in [0.05, 0.1) is 19.8 Å². The van der Waals surface area contributed by atoms with Crippen LogP contribution in [0.5, 0.6) is 0 Å². The van der Waals surface area contributed by atoms with E-state index in [-0.39, 0.29) is 6.09 Å². The first kappa shape index (κ1) is 8.33. The van der Waals surface area contributed by atoms with Gasteiger partial charge in [-0.2, -0.15) is 5.06 Å². The Labute approximate surface area is 66.0 Å². The molecule has 64 valence electrons. The molecule has 4 nitrogen and oxygen atoms in total. The molecule has 0 aromatic carbocycles. The van der Waals surface area contributed by atoms with Crippen molar-refractivity contribution in [3.05, 3.63) is 0 Å². The molecule has 0 atom stereocenters. The molecule has 1 rings (SSSR count). The standard InChI is InChI=1S/C7H13NO3/c1-2-10-7(9)8-5-3-4-6-11-8/h2-6H2,1H3. The minimum Gasteiger partial charge on any atom is -0.448 e. The van der Waals surface area contributed by atoms with Gasteiger partial charge in [0.2, 0.25) is 0 Å². The maximum atomic E-state index is 11.0. The van der Waals surface area contributed by atoms with Gasteiger partial charge in [0, 0.05) is 0 Å². The monoisotopic (exact) mass is 159 g/mol. The maximum Gasteiger partial charge on any atom is 0.433 e. The van der Waals surface area contributed by atoms with Gasteiger partial charge in [-0.15, -0.1) is 0 Å². The molecular weight excluding hydrogens is 146 g/mol. The maximum absolute atomic E-state index is 11.0. The molecule has 1 amide bonds. The zero-order chi connectivity index (χ0) is 8.10. The summed E-state index contributed by atoms with van der Waals surface area (Å²) < 4.78 is 4.74. The Morgan fingerprint density at radius 3 is 3.00 bits per heavy atom. The Kier molecular flexibility index (Phi) is 3.16. The Bertz CT molecular complexity index is 132. The largest absolute Gasteiger partial charge is 0.448 e. The van der Waals surface area contributed by atoms with E-state index in [9.17, 15) is 4.79 Å². The molecule has 0 bridgehead atoms. The summed E-state index contributed by atoms with van der Waals surface area (Å²) in [5, 5.41) is 1.28. The first-order valence-corrected chi connectivity index (χ1v) is 3.92. The fraction of sp³-hybridized carbons (Fsp3) is 0.857. The lowest BCUT2D eigenvalue weighted by atomic mass is 10.3. The van der Waals surface area contributed by atoms with Crippen LogP contribution < -0.4 is 0 Å². The molecule has 0 N–H and O–H groups in total. The Morgan fingerprint density at radius 2 is 2.45 bits per heavy atom. The Hall–Kier alpha value is -0.770. The molecule has 0 unspecified atom stereocenters. The van der Waals surface area contributed by atoms with Crippen LogP contribution in [0.1, 0.15) is 19.8 Å². The van der Waals surface area contributed by atoms with Crippen molar-refractivity contribution in [3.63, 3.8) is 0 Å². The number of carbonyl (C=O) groups is 1. The van der Waals surface area contributed by atoms with E-state index in [1.54, 1.807) is 6.92 Å². The zero-order valence-electron chi connectivity index (χ0n) is 6.71. The van der Waals surface area contributed by atoms with Gasteiger partial charge in [-0.3, -0.25) is 4.84 Å².